The van der Waals surface area contributed by atoms with E-state index in [1.54, 1.807) is 6.07 Å². The normalized spacial score (nSPS) is 26.8. The Kier molecular flexibility index (Phi) is 6.04. The minimum absolute atomic E-state index is 0.0115. The molecule has 0 aliphatic carbocycles. The second-order valence-electron chi connectivity index (χ2n) is 9.44. The van der Waals surface area contributed by atoms with Crippen molar-refractivity contribution in [3.63, 3.8) is 0 Å². The molecule has 1 saturated heterocycles. The molecule has 2 aliphatic rings. The van der Waals surface area contributed by atoms with Crippen LogP contribution in [0.2, 0.25) is 0 Å². The third-order valence-corrected chi connectivity index (χ3v) is 6.49. The topological polar surface area (TPSA) is 74.0 Å². The number of fused-ring (bicyclic) bond motifs is 3. The summed E-state index contributed by atoms with van der Waals surface area (Å²) in [6.07, 6.45) is 2.22. The van der Waals surface area contributed by atoms with E-state index in [2.05, 4.69) is 18.7 Å². The van der Waals surface area contributed by atoms with Crippen molar-refractivity contribution in [2.75, 3.05) is 27.2 Å². The molecule has 30 heavy (non-hydrogen) atoms. The lowest BCUT2D eigenvalue weighted by Gasteiger charge is -2.47. The van der Waals surface area contributed by atoms with E-state index in [0.717, 1.165) is 37.1 Å². The summed E-state index contributed by atoms with van der Waals surface area (Å²) in [4.78, 5) is 15.2. The van der Waals surface area contributed by atoms with Crippen LogP contribution in [0.4, 0.5) is 0 Å². The van der Waals surface area contributed by atoms with Gasteiger partial charge in [0.1, 0.15) is 12.1 Å². The maximum atomic E-state index is 12.7. The Labute approximate surface area is 185 Å². The van der Waals surface area contributed by atoms with Crippen LogP contribution >= 0.6 is 0 Å². The van der Waals surface area contributed by atoms with Gasteiger partial charge in [-0.1, -0.05) is 27.7 Å². The van der Waals surface area contributed by atoms with Gasteiger partial charge < -0.3 is 19.9 Å². The molecule has 168 valence electrons. The summed E-state index contributed by atoms with van der Waals surface area (Å²) in [5.41, 5.74) is 8.20. The number of esters is 1. The van der Waals surface area contributed by atoms with Crippen molar-refractivity contribution in [3.8, 4) is 11.5 Å². The summed E-state index contributed by atoms with van der Waals surface area (Å²) in [5.74, 6) is 1.02. The van der Waals surface area contributed by atoms with Gasteiger partial charge in [-0.15, -0.1) is 0 Å². The van der Waals surface area contributed by atoms with Crippen molar-refractivity contribution in [2.45, 2.75) is 65.1 Å². The predicted molar refractivity (Wildman–Crippen MR) is 118 cm³/mol. The monoisotopic (exact) mass is 421 g/mol. The van der Waals surface area contributed by atoms with Gasteiger partial charge in [-0.2, -0.15) is 0 Å². The van der Waals surface area contributed by atoms with Crippen molar-refractivity contribution in [2.24, 2.45) is 23.5 Å². The highest BCUT2D eigenvalue weighted by Gasteiger charge is 2.41. The Bertz CT molecular complexity index is 844. The van der Waals surface area contributed by atoms with Crippen LogP contribution in [0.1, 0.15) is 61.8 Å². The van der Waals surface area contributed by atoms with Crippen LogP contribution < -0.4 is 15.2 Å². The van der Waals surface area contributed by atoms with Crippen LogP contribution in [-0.4, -0.2) is 50.3 Å². The first-order valence-electron chi connectivity index (χ1n) is 12.5. The van der Waals surface area contributed by atoms with Crippen LogP contribution in [0, 0.1) is 17.8 Å². The van der Waals surface area contributed by atoms with Gasteiger partial charge in [-0.05, 0) is 47.9 Å². The average molecular weight is 422 g/mol. The highest BCUT2D eigenvalue weighted by atomic mass is 16.5. The fourth-order valence-electron chi connectivity index (χ4n) is 4.80. The lowest BCUT2D eigenvalue weighted by molar-refractivity contribution is -0.160. The molecule has 0 bridgehead atoms. The minimum atomic E-state index is -2.55. The first-order valence-corrected chi connectivity index (χ1v) is 11.0. The van der Waals surface area contributed by atoms with Crippen LogP contribution in [-0.2, 0) is 16.0 Å². The van der Waals surface area contributed by atoms with E-state index in [-0.39, 0.29) is 35.7 Å². The fourth-order valence-corrected chi connectivity index (χ4v) is 4.80. The summed E-state index contributed by atoms with van der Waals surface area (Å²) in [7, 11) is -1.04. The molecule has 0 spiro atoms. The SMILES string of the molecule is [2H]C([2H])([2H])Oc1cc2c(cc1OC)[C@@H]1C[C@H](OC(=O)[C@@H](N)C(C)C)[C@@H](CC(C)C)CN1CC2. The number of rotatable bonds is 7. The number of benzene rings is 1. The molecule has 2 heterocycles. The molecule has 2 N–H and O–H groups in total. The second-order valence-corrected chi connectivity index (χ2v) is 9.44. The lowest BCUT2D eigenvalue weighted by Crippen LogP contribution is -2.51. The molecular weight excluding hydrogens is 380 g/mol. The number of nitrogens with two attached hydrogens (primary N) is 1. The van der Waals surface area contributed by atoms with Gasteiger partial charge in [0, 0.05) is 31.5 Å². The molecule has 0 unspecified atom stereocenters. The second kappa shape index (κ2) is 9.56. The fraction of sp³-hybridized carbons (Fsp3) is 0.708. The molecule has 2 aliphatic heterocycles. The summed E-state index contributed by atoms with van der Waals surface area (Å²) < 4.78 is 39.0. The molecule has 0 radical (unpaired) electrons. The predicted octanol–water partition coefficient (Wildman–Crippen LogP) is 3.56. The van der Waals surface area contributed by atoms with Gasteiger partial charge in [0.25, 0.3) is 0 Å². The Morgan fingerprint density at radius 1 is 1.27 bits per heavy atom. The molecule has 4 atom stereocenters. The molecule has 1 fully saturated rings. The van der Waals surface area contributed by atoms with Gasteiger partial charge in [0.05, 0.1) is 18.3 Å². The average Bonchev–Trinajstić information content (AvgIpc) is 2.71. The minimum Gasteiger partial charge on any atom is -0.493 e. The number of hydrogen-bond acceptors (Lipinski definition) is 6. The van der Waals surface area contributed by atoms with E-state index in [9.17, 15) is 4.79 Å². The number of carbonyl (C=O) groups excluding carboxylic acids is 1. The number of hydrogen-bond donors (Lipinski definition) is 1. The van der Waals surface area contributed by atoms with Crippen molar-refractivity contribution in [1.29, 1.82) is 0 Å². The zero-order chi connectivity index (χ0) is 24.5. The summed E-state index contributed by atoms with van der Waals surface area (Å²) in [6.45, 7) is 9.91. The molecular formula is C24H38N2O4. The molecule has 6 nitrogen and oxygen atoms in total. The maximum absolute atomic E-state index is 12.7. The number of methoxy groups -OCH3 is 2. The Balaban J connectivity index is 1.90. The van der Waals surface area contributed by atoms with Crippen LogP contribution in [0.15, 0.2) is 12.1 Å². The molecule has 3 rings (SSSR count). The molecule has 1 aromatic carbocycles. The van der Waals surface area contributed by atoms with E-state index in [1.807, 2.05) is 19.9 Å². The molecule has 1 aromatic rings. The summed E-state index contributed by atoms with van der Waals surface area (Å²) in [5, 5.41) is 0. The highest BCUT2D eigenvalue weighted by Crippen LogP contribution is 2.44. The van der Waals surface area contributed by atoms with Gasteiger partial charge >= 0.3 is 5.97 Å². The Morgan fingerprint density at radius 3 is 2.63 bits per heavy atom. The lowest BCUT2D eigenvalue weighted by atomic mass is 9.79. The maximum Gasteiger partial charge on any atom is 0.323 e. The Morgan fingerprint density at radius 2 is 2.00 bits per heavy atom. The zero-order valence-electron chi connectivity index (χ0n) is 21.8. The third-order valence-electron chi connectivity index (χ3n) is 6.49. The van der Waals surface area contributed by atoms with Crippen LogP contribution in [0.3, 0.4) is 0 Å². The van der Waals surface area contributed by atoms with Gasteiger partial charge in [0.2, 0.25) is 0 Å². The standard InChI is InChI=1S/C24H38N2O4/c1-14(2)9-17-13-26-8-7-16-10-21(28-5)22(29-6)11-18(16)19(26)12-20(17)30-24(27)23(25)15(3)4/h10-11,14-15,17,19-20,23H,7-9,12-13,25H2,1-6H3/t17-,19-,20-,23-/m0/s1/i5D3. The largest absolute Gasteiger partial charge is 0.493 e. The van der Waals surface area contributed by atoms with E-state index >= 15 is 0 Å². The number of piperidine rings is 1. The number of carbonyl (C=O) groups is 1. The zero-order valence-corrected chi connectivity index (χ0v) is 18.8. The van der Waals surface area contributed by atoms with Gasteiger partial charge in [-0.3, -0.25) is 9.69 Å². The van der Waals surface area contributed by atoms with Crippen molar-refractivity contribution >= 4 is 5.97 Å². The summed E-state index contributed by atoms with van der Waals surface area (Å²) >= 11 is 0. The Hall–Kier alpha value is -1.79. The number of nitrogens with zero attached hydrogens (tertiary/aromatic N) is 1. The molecule has 6 heteroatoms. The molecule has 0 saturated carbocycles. The van der Waals surface area contributed by atoms with E-state index in [0.29, 0.717) is 18.1 Å². The quantitative estimate of drug-likeness (QED) is 0.679. The van der Waals surface area contributed by atoms with Crippen molar-refractivity contribution in [3.05, 3.63) is 23.3 Å². The van der Waals surface area contributed by atoms with E-state index < -0.39 is 13.1 Å². The molecule has 0 aromatic heterocycles. The first kappa shape index (κ1) is 18.9. The van der Waals surface area contributed by atoms with Crippen molar-refractivity contribution < 1.29 is 23.1 Å². The van der Waals surface area contributed by atoms with Gasteiger partial charge in [-0.25, -0.2) is 0 Å². The van der Waals surface area contributed by atoms with Crippen LogP contribution in [0.25, 0.3) is 0 Å². The van der Waals surface area contributed by atoms with E-state index in [1.165, 1.54) is 7.11 Å². The third kappa shape index (κ3) is 4.75. The van der Waals surface area contributed by atoms with E-state index in [4.69, 9.17) is 24.1 Å². The first-order chi connectivity index (χ1) is 15.4. The number of ether oxygens (including phenoxy) is 3. The smallest absolute Gasteiger partial charge is 0.323 e. The van der Waals surface area contributed by atoms with Gasteiger partial charge in [0.15, 0.2) is 11.5 Å². The molecule has 0 amide bonds. The summed E-state index contributed by atoms with van der Waals surface area (Å²) in [6, 6.07) is 3.09. The highest BCUT2D eigenvalue weighted by molar-refractivity contribution is 5.76. The van der Waals surface area contributed by atoms with Crippen molar-refractivity contribution in [1.82, 2.24) is 4.90 Å². The van der Waals surface area contributed by atoms with Crippen LogP contribution in [0.5, 0.6) is 11.5 Å².